The Labute approximate surface area is 118 Å². The van der Waals surface area contributed by atoms with Gasteiger partial charge >= 0.3 is 0 Å². The van der Waals surface area contributed by atoms with Gasteiger partial charge in [-0.25, -0.2) is 0 Å². The number of carbonyl (C=O) groups excluding carboxylic acids is 1. The summed E-state index contributed by atoms with van der Waals surface area (Å²) < 4.78 is 0. The second-order valence-electron chi connectivity index (χ2n) is 3.61. The molecule has 0 bridgehead atoms. The number of primary amides is 1. The van der Waals surface area contributed by atoms with E-state index >= 15 is 0 Å². The van der Waals surface area contributed by atoms with Gasteiger partial charge < -0.3 is 11.1 Å². The molecule has 1 aromatic carbocycles. The van der Waals surface area contributed by atoms with E-state index in [1.165, 1.54) is 24.4 Å². The maximum Gasteiger partial charge on any atom is 0.248 e. The molecule has 0 aliphatic rings. The molecule has 0 aliphatic heterocycles. The van der Waals surface area contributed by atoms with Crippen LogP contribution in [0.15, 0.2) is 24.4 Å². The lowest BCUT2D eigenvalue weighted by atomic mass is 10.2. The number of nitrogens with one attached hydrogen (secondary N) is 2. The van der Waals surface area contributed by atoms with Crippen LogP contribution in [-0.2, 0) is 0 Å². The summed E-state index contributed by atoms with van der Waals surface area (Å²) in [5.41, 5.74) is 6.06. The molecule has 8 nitrogen and oxygen atoms in total. The second-order valence-corrected chi connectivity index (χ2v) is 4.02. The molecule has 100 valence electrons. The van der Waals surface area contributed by atoms with Crippen molar-refractivity contribution in [2.45, 2.75) is 0 Å². The molecule has 0 radical (unpaired) electrons. The molecule has 4 N–H and O–H groups in total. The zero-order valence-electron chi connectivity index (χ0n) is 9.96. The molecule has 9 heteroatoms. The zero-order chi connectivity index (χ0) is 14.5. The minimum atomic E-state index is -0.577. The second kappa shape index (κ2) is 5.81. The number of amides is 1. The van der Waals surface area contributed by atoms with Gasteiger partial charge in [-0.2, -0.15) is 10.5 Å². The molecule has 0 aliphatic carbocycles. The summed E-state index contributed by atoms with van der Waals surface area (Å²) in [5, 5.41) is 25.1. The number of carbonyl (C=O) groups is 1. The van der Waals surface area contributed by atoms with Gasteiger partial charge in [-0.15, -0.1) is 10.2 Å². The number of rotatable bonds is 4. The highest BCUT2D eigenvalue weighted by Gasteiger charge is 2.08. The van der Waals surface area contributed by atoms with Crippen molar-refractivity contribution in [3.05, 3.63) is 40.8 Å². The number of hydrogen-bond acceptors (Lipinski definition) is 6. The topological polar surface area (TPSA) is 133 Å². The van der Waals surface area contributed by atoms with E-state index < -0.39 is 5.91 Å². The van der Waals surface area contributed by atoms with Crippen LogP contribution < -0.4 is 11.1 Å². The van der Waals surface area contributed by atoms with E-state index in [-0.39, 0.29) is 11.4 Å². The molecule has 0 spiro atoms. The van der Waals surface area contributed by atoms with Crippen molar-refractivity contribution < 1.29 is 4.79 Å². The highest BCUT2D eigenvalue weighted by Crippen LogP contribution is 2.23. The van der Waals surface area contributed by atoms with Gasteiger partial charge in [0.15, 0.2) is 0 Å². The third-order valence-electron chi connectivity index (χ3n) is 2.33. The monoisotopic (exact) mass is 289 g/mol. The van der Waals surface area contributed by atoms with Crippen LogP contribution in [-0.4, -0.2) is 26.5 Å². The predicted octanol–water partition coefficient (Wildman–Crippen LogP) is 0.929. The van der Waals surface area contributed by atoms with Gasteiger partial charge in [0, 0.05) is 11.8 Å². The lowest BCUT2D eigenvalue weighted by molar-refractivity contribution is 0.100. The van der Waals surface area contributed by atoms with Crippen LogP contribution in [0.2, 0.25) is 5.02 Å². The number of halogens is 1. The molecule has 0 fully saturated rings. The summed E-state index contributed by atoms with van der Waals surface area (Å²) in [7, 11) is 0. The number of hydrogen-bond donors (Lipinski definition) is 3. The molecule has 1 amide bonds. The number of allylic oxidation sites excluding steroid dienone is 1. The third kappa shape index (κ3) is 2.90. The van der Waals surface area contributed by atoms with E-state index in [1.807, 2.05) is 6.07 Å². The number of aromatic amines is 1. The Morgan fingerprint density at radius 2 is 2.35 bits per heavy atom. The van der Waals surface area contributed by atoms with Crippen molar-refractivity contribution in [1.29, 1.82) is 5.26 Å². The highest BCUT2D eigenvalue weighted by atomic mass is 35.5. The van der Waals surface area contributed by atoms with Crippen LogP contribution in [0.4, 0.5) is 5.69 Å². The normalized spacial score (nSPS) is 10.9. The van der Waals surface area contributed by atoms with Crippen molar-refractivity contribution in [1.82, 2.24) is 20.6 Å². The van der Waals surface area contributed by atoms with E-state index in [4.69, 9.17) is 22.6 Å². The summed E-state index contributed by atoms with van der Waals surface area (Å²) in [5.74, 6) is -0.436. The number of benzene rings is 1. The highest BCUT2D eigenvalue weighted by molar-refractivity contribution is 6.33. The summed E-state index contributed by atoms with van der Waals surface area (Å²) in [4.78, 5) is 11.1. The third-order valence-corrected chi connectivity index (χ3v) is 2.66. The minimum Gasteiger partial charge on any atom is -0.366 e. The van der Waals surface area contributed by atoms with Crippen LogP contribution in [0.1, 0.15) is 16.2 Å². The fourth-order valence-electron chi connectivity index (χ4n) is 1.36. The largest absolute Gasteiger partial charge is 0.366 e. The molecular formula is C11H8ClN7O. The van der Waals surface area contributed by atoms with Crippen LogP contribution >= 0.6 is 11.6 Å². The molecule has 0 saturated carbocycles. The fourth-order valence-corrected chi connectivity index (χ4v) is 1.53. The first-order valence-electron chi connectivity index (χ1n) is 5.32. The molecule has 0 saturated heterocycles. The van der Waals surface area contributed by atoms with Crippen LogP contribution in [0, 0.1) is 11.3 Å². The van der Waals surface area contributed by atoms with Gasteiger partial charge in [0.2, 0.25) is 11.7 Å². The summed E-state index contributed by atoms with van der Waals surface area (Å²) in [6.07, 6.45) is 1.36. The van der Waals surface area contributed by atoms with Crippen molar-refractivity contribution in [3.63, 3.8) is 0 Å². The van der Waals surface area contributed by atoms with Gasteiger partial charge in [-0.1, -0.05) is 11.6 Å². The quantitative estimate of drug-likeness (QED) is 0.717. The van der Waals surface area contributed by atoms with E-state index in [1.54, 1.807) is 0 Å². The summed E-state index contributed by atoms with van der Waals surface area (Å²) in [6.45, 7) is 0. The SMILES string of the molecule is N#CC(=CNc1cc(C(N)=O)ccc1Cl)c1nn[nH]n1. The number of nitrogens with zero attached hydrogens (tertiary/aromatic N) is 4. The Morgan fingerprint density at radius 3 is 2.95 bits per heavy atom. The lowest BCUT2D eigenvalue weighted by Gasteiger charge is -2.05. The molecule has 1 heterocycles. The number of nitriles is 1. The summed E-state index contributed by atoms with van der Waals surface area (Å²) >= 11 is 5.98. The maximum atomic E-state index is 11.1. The van der Waals surface area contributed by atoms with Crippen molar-refractivity contribution in [3.8, 4) is 6.07 Å². The Kier molecular flexibility index (Phi) is 3.93. The Hall–Kier alpha value is -2.92. The van der Waals surface area contributed by atoms with Crippen LogP contribution in [0.5, 0.6) is 0 Å². The Balaban J connectivity index is 2.28. The average molecular weight is 290 g/mol. The number of tetrazole rings is 1. The molecule has 0 atom stereocenters. The molecule has 1 aromatic heterocycles. The van der Waals surface area contributed by atoms with E-state index in [0.717, 1.165) is 0 Å². The van der Waals surface area contributed by atoms with Crippen molar-refractivity contribution >= 4 is 28.8 Å². The number of nitrogens with two attached hydrogens (primary N) is 1. The maximum absolute atomic E-state index is 11.1. The summed E-state index contributed by atoms with van der Waals surface area (Å²) in [6, 6.07) is 6.42. The van der Waals surface area contributed by atoms with E-state index in [9.17, 15) is 4.79 Å². The standard InChI is InChI=1S/C11H8ClN7O/c12-8-2-1-6(10(14)20)3-9(8)15-5-7(4-13)11-16-18-19-17-11/h1-3,5,15H,(H2,14,20)(H,16,17,18,19). The number of aromatic nitrogens is 4. The van der Waals surface area contributed by atoms with Gasteiger partial charge in [0.25, 0.3) is 0 Å². The fraction of sp³-hybridized carbons (Fsp3) is 0. The first kappa shape index (κ1) is 13.5. The molecule has 20 heavy (non-hydrogen) atoms. The predicted molar refractivity (Wildman–Crippen MR) is 71.4 cm³/mol. The zero-order valence-corrected chi connectivity index (χ0v) is 10.7. The van der Waals surface area contributed by atoms with Crippen LogP contribution in [0.3, 0.4) is 0 Å². The first-order chi connectivity index (χ1) is 9.61. The Bertz CT molecular complexity index is 702. The number of H-pyrrole nitrogens is 1. The first-order valence-corrected chi connectivity index (χ1v) is 5.69. The molecule has 0 unspecified atom stereocenters. The molecule has 2 aromatic rings. The average Bonchev–Trinajstić information content (AvgIpc) is 2.95. The van der Waals surface area contributed by atoms with Gasteiger partial charge in [0.1, 0.15) is 11.6 Å². The van der Waals surface area contributed by atoms with Crippen molar-refractivity contribution in [2.75, 3.05) is 5.32 Å². The van der Waals surface area contributed by atoms with Gasteiger partial charge in [0.05, 0.1) is 10.7 Å². The van der Waals surface area contributed by atoms with Crippen molar-refractivity contribution in [2.24, 2.45) is 5.73 Å². The smallest absolute Gasteiger partial charge is 0.248 e. The van der Waals surface area contributed by atoms with E-state index in [0.29, 0.717) is 16.3 Å². The lowest BCUT2D eigenvalue weighted by Crippen LogP contribution is -2.11. The van der Waals surface area contributed by atoms with Gasteiger partial charge in [-0.05, 0) is 23.4 Å². The number of anilines is 1. The molecular weight excluding hydrogens is 282 g/mol. The van der Waals surface area contributed by atoms with E-state index in [2.05, 4.69) is 25.9 Å². The van der Waals surface area contributed by atoms with Crippen LogP contribution in [0.25, 0.3) is 5.57 Å². The molecule has 2 rings (SSSR count). The Morgan fingerprint density at radius 1 is 1.55 bits per heavy atom. The minimum absolute atomic E-state index is 0.141. The van der Waals surface area contributed by atoms with Gasteiger partial charge in [-0.3, -0.25) is 4.79 Å².